The van der Waals surface area contributed by atoms with Crippen LogP contribution in [0.25, 0.3) is 0 Å². The van der Waals surface area contributed by atoms with Gasteiger partial charge in [-0.3, -0.25) is 0 Å². The first kappa shape index (κ1) is 14.1. The van der Waals surface area contributed by atoms with Crippen molar-refractivity contribution in [1.29, 1.82) is 0 Å². The molecule has 1 heterocycles. The first-order chi connectivity index (χ1) is 9.48. The molecule has 1 aromatic rings. The number of benzene rings is 1. The zero-order chi connectivity index (χ0) is 14.3. The molecule has 0 aromatic heterocycles. The molecule has 1 aliphatic heterocycles. The van der Waals surface area contributed by atoms with Crippen molar-refractivity contribution < 1.29 is 9.84 Å². The molecule has 108 valence electrons. The van der Waals surface area contributed by atoms with Gasteiger partial charge in [-0.25, -0.2) is 0 Å². The lowest BCUT2D eigenvalue weighted by atomic mass is 9.65. The van der Waals surface area contributed by atoms with Crippen molar-refractivity contribution in [3.05, 3.63) is 46.5 Å². The Morgan fingerprint density at radius 1 is 1.25 bits per heavy atom. The van der Waals surface area contributed by atoms with Crippen LogP contribution in [0, 0.1) is 11.3 Å². The van der Waals surface area contributed by atoms with E-state index in [1.807, 2.05) is 24.3 Å². The Morgan fingerprint density at radius 3 is 2.65 bits per heavy atom. The third-order valence-electron chi connectivity index (χ3n) is 4.93. The summed E-state index contributed by atoms with van der Waals surface area (Å²) in [6, 6.07) is 7.90. The molecule has 2 nitrogen and oxygen atoms in total. The minimum Gasteiger partial charge on any atom is -0.392 e. The van der Waals surface area contributed by atoms with Crippen LogP contribution < -0.4 is 0 Å². The molecule has 1 saturated heterocycles. The largest absolute Gasteiger partial charge is 0.392 e. The lowest BCUT2D eigenvalue weighted by molar-refractivity contribution is -0.0681. The van der Waals surface area contributed by atoms with E-state index in [9.17, 15) is 5.11 Å². The van der Waals surface area contributed by atoms with E-state index >= 15 is 0 Å². The fourth-order valence-corrected chi connectivity index (χ4v) is 3.47. The summed E-state index contributed by atoms with van der Waals surface area (Å²) in [4.78, 5) is 0. The Labute approximate surface area is 125 Å². The zero-order valence-electron chi connectivity index (χ0n) is 12.0. The standard InChI is InChI=1S/C17H21ClO2/c1-17(2)14-10-20-15(9-12(14)5-8-16(17)19)11-3-6-13(18)7-4-11/h3-7,14-16,19H,8-10H2,1-2H3/t14-,15-,16+/m0/s1. The Kier molecular flexibility index (Phi) is 3.65. The highest BCUT2D eigenvalue weighted by Gasteiger charge is 2.43. The van der Waals surface area contributed by atoms with E-state index in [1.165, 1.54) is 11.1 Å². The minimum atomic E-state index is -0.271. The van der Waals surface area contributed by atoms with Crippen LogP contribution in [0.15, 0.2) is 35.9 Å². The first-order valence-electron chi connectivity index (χ1n) is 7.22. The molecule has 1 aliphatic carbocycles. The van der Waals surface area contributed by atoms with Crippen LogP contribution in [0.5, 0.6) is 0 Å². The van der Waals surface area contributed by atoms with Gasteiger partial charge in [0.15, 0.2) is 0 Å². The van der Waals surface area contributed by atoms with Gasteiger partial charge in [-0.05, 0) is 36.0 Å². The van der Waals surface area contributed by atoms with Crippen LogP contribution in [0.1, 0.15) is 38.4 Å². The molecule has 0 unspecified atom stereocenters. The van der Waals surface area contributed by atoms with Gasteiger partial charge in [0.25, 0.3) is 0 Å². The van der Waals surface area contributed by atoms with Crippen LogP contribution >= 0.6 is 11.6 Å². The van der Waals surface area contributed by atoms with Crippen LogP contribution in [-0.4, -0.2) is 17.8 Å². The summed E-state index contributed by atoms with van der Waals surface area (Å²) in [5.41, 5.74) is 2.51. The van der Waals surface area contributed by atoms with Crippen molar-refractivity contribution in [2.75, 3.05) is 6.61 Å². The molecule has 3 atom stereocenters. The predicted molar refractivity (Wildman–Crippen MR) is 80.7 cm³/mol. The third kappa shape index (κ3) is 2.41. The fraction of sp³-hybridized carbons (Fsp3) is 0.529. The monoisotopic (exact) mass is 292 g/mol. The van der Waals surface area contributed by atoms with E-state index < -0.39 is 0 Å². The van der Waals surface area contributed by atoms with Gasteiger partial charge in [0.1, 0.15) is 0 Å². The summed E-state index contributed by atoms with van der Waals surface area (Å²) in [6.45, 7) is 4.96. The van der Waals surface area contributed by atoms with Crippen molar-refractivity contribution in [2.45, 2.75) is 38.9 Å². The molecule has 20 heavy (non-hydrogen) atoms. The van der Waals surface area contributed by atoms with Crippen molar-refractivity contribution in [3.8, 4) is 0 Å². The summed E-state index contributed by atoms with van der Waals surface area (Å²) < 4.78 is 6.06. The Balaban J connectivity index is 1.81. The molecule has 1 N–H and O–H groups in total. The van der Waals surface area contributed by atoms with Gasteiger partial charge in [0.2, 0.25) is 0 Å². The predicted octanol–water partition coefficient (Wildman–Crippen LogP) is 4.13. The lowest BCUT2D eigenvalue weighted by Crippen LogP contribution is -2.44. The Morgan fingerprint density at radius 2 is 1.95 bits per heavy atom. The number of fused-ring (bicyclic) bond motifs is 1. The molecule has 0 bridgehead atoms. The molecular formula is C17H21ClO2. The second-order valence-electron chi connectivity index (χ2n) is 6.48. The van der Waals surface area contributed by atoms with Crippen LogP contribution in [0.4, 0.5) is 0 Å². The topological polar surface area (TPSA) is 29.5 Å². The Hall–Kier alpha value is -0.830. The van der Waals surface area contributed by atoms with Crippen molar-refractivity contribution in [3.63, 3.8) is 0 Å². The highest BCUT2D eigenvalue weighted by molar-refractivity contribution is 6.30. The van der Waals surface area contributed by atoms with Gasteiger partial charge in [0.05, 0.1) is 18.8 Å². The SMILES string of the molecule is CC1(C)[C@H](O)CC=C2C[C@@H](c3ccc(Cl)cc3)OC[C@@H]21. The number of hydrogen-bond acceptors (Lipinski definition) is 2. The summed E-state index contributed by atoms with van der Waals surface area (Å²) in [5.74, 6) is 0.329. The first-order valence-corrected chi connectivity index (χ1v) is 7.60. The second kappa shape index (κ2) is 5.18. The molecular weight excluding hydrogens is 272 g/mol. The molecule has 1 aromatic carbocycles. The van der Waals surface area contributed by atoms with Gasteiger partial charge in [-0.2, -0.15) is 0 Å². The summed E-state index contributed by atoms with van der Waals surface area (Å²) in [5, 5.41) is 10.9. The van der Waals surface area contributed by atoms with E-state index in [4.69, 9.17) is 16.3 Å². The maximum absolute atomic E-state index is 10.2. The third-order valence-corrected chi connectivity index (χ3v) is 5.19. The molecule has 0 spiro atoms. The number of halogens is 1. The molecule has 3 heteroatoms. The number of hydrogen-bond donors (Lipinski definition) is 1. The molecule has 3 rings (SSSR count). The van der Waals surface area contributed by atoms with Gasteiger partial charge in [-0.15, -0.1) is 0 Å². The highest BCUT2D eigenvalue weighted by Crippen LogP contribution is 2.47. The van der Waals surface area contributed by atoms with Crippen LogP contribution in [-0.2, 0) is 4.74 Å². The van der Waals surface area contributed by atoms with Gasteiger partial charge >= 0.3 is 0 Å². The maximum Gasteiger partial charge on any atom is 0.0862 e. The van der Waals surface area contributed by atoms with E-state index in [-0.39, 0.29) is 17.6 Å². The minimum absolute atomic E-state index is 0.102. The summed E-state index contributed by atoms with van der Waals surface area (Å²) >= 11 is 5.93. The van der Waals surface area contributed by atoms with E-state index in [2.05, 4.69) is 19.9 Å². The van der Waals surface area contributed by atoms with Crippen LogP contribution in [0.3, 0.4) is 0 Å². The molecule has 0 radical (unpaired) electrons. The van der Waals surface area contributed by atoms with Crippen LogP contribution in [0.2, 0.25) is 5.02 Å². The highest BCUT2D eigenvalue weighted by atomic mass is 35.5. The molecule has 2 aliphatic rings. The number of aliphatic hydroxyl groups is 1. The molecule has 0 amide bonds. The molecule has 1 fully saturated rings. The van der Waals surface area contributed by atoms with Gasteiger partial charge < -0.3 is 9.84 Å². The van der Waals surface area contributed by atoms with Crippen molar-refractivity contribution >= 4 is 11.6 Å². The number of ether oxygens (including phenoxy) is 1. The van der Waals surface area contributed by atoms with E-state index in [1.54, 1.807) is 0 Å². The van der Waals surface area contributed by atoms with Gasteiger partial charge in [-0.1, -0.05) is 49.2 Å². The van der Waals surface area contributed by atoms with Gasteiger partial charge in [0, 0.05) is 10.9 Å². The van der Waals surface area contributed by atoms with E-state index in [0.717, 1.165) is 17.9 Å². The Bertz CT molecular complexity index is 518. The average Bonchev–Trinajstić information content (AvgIpc) is 2.44. The quantitative estimate of drug-likeness (QED) is 0.789. The zero-order valence-corrected chi connectivity index (χ0v) is 12.7. The fourth-order valence-electron chi connectivity index (χ4n) is 3.34. The average molecular weight is 293 g/mol. The number of aliphatic hydroxyl groups excluding tert-OH is 1. The number of rotatable bonds is 1. The smallest absolute Gasteiger partial charge is 0.0862 e. The van der Waals surface area contributed by atoms with Crippen molar-refractivity contribution in [1.82, 2.24) is 0 Å². The maximum atomic E-state index is 10.2. The second-order valence-corrected chi connectivity index (χ2v) is 6.92. The normalized spacial score (nSPS) is 32.4. The lowest BCUT2D eigenvalue weighted by Gasteiger charge is -2.46. The van der Waals surface area contributed by atoms with Crippen molar-refractivity contribution in [2.24, 2.45) is 11.3 Å². The van der Waals surface area contributed by atoms with E-state index in [0.29, 0.717) is 12.5 Å². The summed E-state index contributed by atoms with van der Waals surface area (Å²) in [7, 11) is 0. The summed E-state index contributed by atoms with van der Waals surface area (Å²) in [6.07, 6.45) is 3.73. The molecule has 0 saturated carbocycles.